The summed E-state index contributed by atoms with van der Waals surface area (Å²) >= 11 is 6.35. The molecule has 0 aliphatic carbocycles. The molecule has 0 bridgehead atoms. The summed E-state index contributed by atoms with van der Waals surface area (Å²) in [4.78, 5) is 13.1. The van der Waals surface area contributed by atoms with Crippen LogP contribution in [0.4, 0.5) is 0 Å². The van der Waals surface area contributed by atoms with E-state index in [2.05, 4.69) is 31.9 Å². The number of aryl methyl sites for hydroxylation is 1. The van der Waals surface area contributed by atoms with E-state index in [1.54, 1.807) is 6.92 Å². The lowest BCUT2D eigenvalue weighted by molar-refractivity contribution is 0.103. The summed E-state index contributed by atoms with van der Waals surface area (Å²) in [6, 6.07) is 1.51. The van der Waals surface area contributed by atoms with E-state index in [1.165, 1.54) is 12.1 Å². The number of phenols is 2. The first-order valence-corrected chi connectivity index (χ1v) is 8.24. The van der Waals surface area contributed by atoms with Crippen LogP contribution < -0.4 is 0 Å². The van der Waals surface area contributed by atoms with Crippen LogP contribution >= 0.6 is 31.9 Å². The van der Waals surface area contributed by atoms with Gasteiger partial charge in [-0.15, -0.1) is 0 Å². The highest BCUT2D eigenvalue weighted by molar-refractivity contribution is 9.11. The van der Waals surface area contributed by atoms with Crippen molar-refractivity contribution in [1.29, 1.82) is 0 Å². The Morgan fingerprint density at radius 1 is 1.26 bits per heavy atom. The number of rotatable bonds is 3. The van der Waals surface area contributed by atoms with E-state index in [4.69, 9.17) is 8.53 Å². The average molecular weight is 443 g/mol. The van der Waals surface area contributed by atoms with Crippen LogP contribution in [0, 0.1) is 0 Å². The number of hydrogen-bond donors (Lipinski definition) is 2. The molecular weight excluding hydrogens is 428 g/mol. The zero-order chi connectivity index (χ0) is 19.3. The third kappa shape index (κ3) is 2.66. The van der Waals surface area contributed by atoms with Crippen molar-refractivity contribution in [3.63, 3.8) is 0 Å². The maximum absolute atomic E-state index is 13.1. The lowest BCUT2D eigenvalue weighted by atomic mass is 9.99. The molecule has 2 aromatic carbocycles. The van der Waals surface area contributed by atoms with Gasteiger partial charge in [0, 0.05) is 17.4 Å². The molecule has 1 heterocycles. The lowest BCUT2D eigenvalue weighted by Gasteiger charge is -2.06. The zero-order valence-electron chi connectivity index (χ0n) is 14.8. The highest BCUT2D eigenvalue weighted by Crippen LogP contribution is 2.37. The van der Waals surface area contributed by atoms with E-state index in [9.17, 15) is 15.0 Å². The average Bonchev–Trinajstić information content (AvgIpc) is 3.01. The van der Waals surface area contributed by atoms with Gasteiger partial charge in [-0.3, -0.25) is 4.79 Å². The predicted octanol–water partition coefficient (Wildman–Crippen LogP) is 5.16. The van der Waals surface area contributed by atoms with Crippen molar-refractivity contribution in [2.45, 2.75) is 13.3 Å². The second-order valence-electron chi connectivity index (χ2n) is 4.80. The van der Waals surface area contributed by atoms with Gasteiger partial charge in [-0.05, 0) is 50.0 Å². The van der Waals surface area contributed by atoms with Crippen molar-refractivity contribution >= 4 is 48.6 Å². The van der Waals surface area contributed by atoms with E-state index < -0.39 is 23.6 Å². The number of furan rings is 1. The minimum Gasteiger partial charge on any atom is -0.506 e. The molecule has 4 nitrogen and oxygen atoms in total. The van der Waals surface area contributed by atoms with Gasteiger partial charge in [0.15, 0.2) is 17.1 Å². The normalized spacial score (nSPS) is 12.9. The Kier molecular flexibility index (Phi) is 3.30. The maximum Gasteiger partial charge on any atom is 0.197 e. The van der Waals surface area contributed by atoms with Gasteiger partial charge in [0.05, 0.1) is 18.6 Å². The van der Waals surface area contributed by atoms with Gasteiger partial charge in [-0.25, -0.2) is 0 Å². The van der Waals surface area contributed by atoms with Gasteiger partial charge in [0.2, 0.25) is 0 Å². The van der Waals surface area contributed by atoms with Crippen molar-refractivity contribution < 1.29 is 23.5 Å². The largest absolute Gasteiger partial charge is 0.506 e. The molecule has 0 atom stereocenters. The van der Waals surface area contributed by atoms with Gasteiger partial charge in [0.1, 0.15) is 11.5 Å². The Labute approximate surface area is 153 Å². The standard InChI is InChI=1S/C17H12Br2O4/c1-2-13-14(9-4-3-5-12(20)17(9)23-13)15(21)8-6-10(18)16(22)11(19)7-8/h3-7,20,22H,2H2,1H3/i3D,4D,5D. The number of para-hydroxylation sites is 1. The fourth-order valence-corrected chi connectivity index (χ4v) is 3.49. The molecule has 0 fully saturated rings. The molecule has 0 spiro atoms. The summed E-state index contributed by atoms with van der Waals surface area (Å²) in [7, 11) is 0. The predicted molar refractivity (Wildman–Crippen MR) is 94.2 cm³/mol. The molecule has 118 valence electrons. The van der Waals surface area contributed by atoms with E-state index in [-0.39, 0.29) is 39.6 Å². The van der Waals surface area contributed by atoms with Crippen LogP contribution in [0.15, 0.2) is 43.6 Å². The second kappa shape index (κ2) is 6.02. The highest BCUT2D eigenvalue weighted by Gasteiger charge is 2.23. The van der Waals surface area contributed by atoms with Crippen LogP contribution in [0.2, 0.25) is 0 Å². The van der Waals surface area contributed by atoms with Gasteiger partial charge in [0.25, 0.3) is 0 Å². The number of ketones is 1. The van der Waals surface area contributed by atoms with Gasteiger partial charge in [-0.2, -0.15) is 0 Å². The van der Waals surface area contributed by atoms with Crippen LogP contribution in [0.3, 0.4) is 0 Å². The van der Waals surface area contributed by atoms with Crippen LogP contribution in [0.1, 0.15) is 32.7 Å². The fraction of sp³-hybridized carbons (Fsp3) is 0.118. The molecule has 0 amide bonds. The molecule has 0 aliphatic heterocycles. The van der Waals surface area contributed by atoms with Crippen LogP contribution in [-0.2, 0) is 6.42 Å². The summed E-state index contributed by atoms with van der Waals surface area (Å²) in [5, 5.41) is 20.0. The summed E-state index contributed by atoms with van der Waals surface area (Å²) in [5.41, 5.74) is 0.146. The Balaban J connectivity index is 2.36. The Morgan fingerprint density at radius 3 is 2.52 bits per heavy atom. The molecule has 1 aromatic heterocycles. The Morgan fingerprint density at radius 2 is 1.91 bits per heavy atom. The van der Waals surface area contributed by atoms with Crippen molar-refractivity contribution in [2.24, 2.45) is 0 Å². The van der Waals surface area contributed by atoms with E-state index >= 15 is 0 Å². The van der Waals surface area contributed by atoms with Crippen LogP contribution in [0.25, 0.3) is 11.0 Å². The molecule has 0 aliphatic rings. The number of phenolic OH excluding ortho intramolecular Hbond substituents is 2. The first-order chi connectivity index (χ1) is 12.2. The first-order valence-electron chi connectivity index (χ1n) is 8.15. The summed E-state index contributed by atoms with van der Waals surface area (Å²) in [6.07, 6.45) is 0.315. The van der Waals surface area contributed by atoms with Gasteiger partial charge < -0.3 is 14.6 Å². The van der Waals surface area contributed by atoms with Crippen LogP contribution in [0.5, 0.6) is 11.5 Å². The Hall–Kier alpha value is -1.79. The third-order valence-corrected chi connectivity index (χ3v) is 4.60. The molecule has 0 unspecified atom stereocenters. The number of halogens is 2. The molecule has 0 saturated heterocycles. The minimum atomic E-state index is -0.567. The zero-order valence-corrected chi connectivity index (χ0v) is 15.0. The fourth-order valence-electron chi connectivity index (χ4n) is 2.30. The summed E-state index contributed by atoms with van der Waals surface area (Å²) in [6.45, 7) is 1.75. The van der Waals surface area contributed by atoms with Gasteiger partial charge in [-0.1, -0.05) is 19.0 Å². The smallest absolute Gasteiger partial charge is 0.197 e. The van der Waals surface area contributed by atoms with E-state index in [1.807, 2.05) is 0 Å². The highest BCUT2D eigenvalue weighted by atomic mass is 79.9. The molecule has 23 heavy (non-hydrogen) atoms. The molecule has 3 rings (SSSR count). The van der Waals surface area contributed by atoms with Gasteiger partial charge >= 0.3 is 0 Å². The summed E-state index contributed by atoms with van der Waals surface area (Å²) < 4.78 is 29.9. The topological polar surface area (TPSA) is 70.7 Å². The molecular formula is C17H12Br2O4. The number of aromatic hydroxyl groups is 2. The van der Waals surface area contributed by atoms with Crippen molar-refractivity contribution in [1.82, 2.24) is 0 Å². The quantitative estimate of drug-likeness (QED) is 0.549. The monoisotopic (exact) mass is 441 g/mol. The van der Waals surface area contributed by atoms with E-state index in [0.29, 0.717) is 15.4 Å². The van der Waals surface area contributed by atoms with E-state index in [0.717, 1.165) is 0 Å². The molecule has 0 saturated carbocycles. The summed E-state index contributed by atoms with van der Waals surface area (Å²) in [5.74, 6) is -0.852. The molecule has 6 heteroatoms. The maximum atomic E-state index is 13.1. The van der Waals surface area contributed by atoms with Crippen molar-refractivity contribution in [2.75, 3.05) is 0 Å². The van der Waals surface area contributed by atoms with Crippen LogP contribution in [-0.4, -0.2) is 16.0 Å². The second-order valence-corrected chi connectivity index (χ2v) is 6.51. The number of hydrogen-bond acceptors (Lipinski definition) is 4. The SMILES string of the molecule is [2H]c1c([2H])c([2H])c2c(C(=O)c3cc(Br)c(O)c(Br)c3)c(CC)oc2c1O. The lowest BCUT2D eigenvalue weighted by Crippen LogP contribution is -2.03. The number of benzene rings is 2. The number of carbonyl (C=O) groups excluding carboxylic acids is 1. The number of carbonyl (C=O) groups is 1. The third-order valence-electron chi connectivity index (χ3n) is 3.39. The number of fused-ring (bicyclic) bond motifs is 1. The Bertz CT molecular complexity index is 1050. The minimum absolute atomic E-state index is 0.00525. The molecule has 3 aromatic rings. The molecule has 0 radical (unpaired) electrons. The first kappa shape index (κ1) is 12.6. The molecule has 2 N–H and O–H groups in total. The van der Waals surface area contributed by atoms with Crippen molar-refractivity contribution in [3.05, 3.63) is 56.1 Å². The van der Waals surface area contributed by atoms with Crippen molar-refractivity contribution in [3.8, 4) is 11.5 Å².